The maximum Gasteiger partial charge on any atom is 0.342 e. The number of phenols is 1. The van der Waals surface area contributed by atoms with Crippen molar-refractivity contribution in [2.45, 2.75) is 26.4 Å². The average molecular weight is 328 g/mol. The summed E-state index contributed by atoms with van der Waals surface area (Å²) in [5.41, 5.74) is 1.55. The molecule has 1 atom stereocenters. The fourth-order valence-electron chi connectivity index (χ4n) is 2.22. The van der Waals surface area contributed by atoms with Gasteiger partial charge in [0.25, 0.3) is 0 Å². The first-order valence-electron chi connectivity index (χ1n) is 7.67. The molecule has 1 N–H and O–H groups in total. The Labute approximate surface area is 140 Å². The van der Waals surface area contributed by atoms with Crippen LogP contribution in [0.5, 0.6) is 11.5 Å². The third-order valence-corrected chi connectivity index (χ3v) is 3.72. The number of phenolic OH excluding ortho intramolecular Hbond substituents is 1. The van der Waals surface area contributed by atoms with E-state index in [1.165, 1.54) is 32.2 Å². The fraction of sp³-hybridized carbons (Fsp3) is 0.263. The fourth-order valence-corrected chi connectivity index (χ4v) is 2.22. The Morgan fingerprint density at radius 2 is 1.79 bits per heavy atom. The molecule has 0 aliphatic carbocycles. The van der Waals surface area contributed by atoms with Crippen molar-refractivity contribution in [2.24, 2.45) is 0 Å². The highest BCUT2D eigenvalue weighted by molar-refractivity contribution is 6.02. The van der Waals surface area contributed by atoms with Crippen molar-refractivity contribution < 1.29 is 24.2 Å². The lowest BCUT2D eigenvalue weighted by atomic mass is 10.0. The molecule has 5 heteroatoms. The highest BCUT2D eigenvalue weighted by Gasteiger charge is 2.22. The van der Waals surface area contributed by atoms with E-state index in [1.54, 1.807) is 12.1 Å². The van der Waals surface area contributed by atoms with Crippen molar-refractivity contribution in [3.05, 3.63) is 59.2 Å². The summed E-state index contributed by atoms with van der Waals surface area (Å²) in [7, 11) is 1.45. The molecule has 2 rings (SSSR count). The van der Waals surface area contributed by atoms with Gasteiger partial charge in [0.2, 0.25) is 5.78 Å². The number of aromatic hydroxyl groups is 1. The highest BCUT2D eigenvalue weighted by Crippen LogP contribution is 2.24. The van der Waals surface area contributed by atoms with Gasteiger partial charge in [-0.1, -0.05) is 31.2 Å². The molecule has 0 aromatic heterocycles. The topological polar surface area (TPSA) is 72.8 Å². The number of benzene rings is 2. The Bertz CT molecular complexity index is 734. The summed E-state index contributed by atoms with van der Waals surface area (Å²) >= 11 is 0. The van der Waals surface area contributed by atoms with Crippen LogP contribution in [0, 0.1) is 0 Å². The van der Waals surface area contributed by atoms with E-state index in [4.69, 9.17) is 9.47 Å². The Morgan fingerprint density at radius 3 is 2.38 bits per heavy atom. The first-order valence-corrected chi connectivity index (χ1v) is 7.67. The molecule has 0 spiro atoms. The number of carbonyl (C=O) groups excluding carboxylic acids is 2. The molecule has 0 radical (unpaired) electrons. The lowest BCUT2D eigenvalue weighted by Crippen LogP contribution is -2.24. The van der Waals surface area contributed by atoms with E-state index >= 15 is 0 Å². The van der Waals surface area contributed by atoms with Gasteiger partial charge in [-0.3, -0.25) is 4.79 Å². The third kappa shape index (κ3) is 3.93. The minimum atomic E-state index is -0.962. The number of ketones is 1. The van der Waals surface area contributed by atoms with Gasteiger partial charge in [-0.2, -0.15) is 0 Å². The first kappa shape index (κ1) is 17.5. The van der Waals surface area contributed by atoms with Gasteiger partial charge in [-0.25, -0.2) is 4.79 Å². The van der Waals surface area contributed by atoms with Crippen LogP contribution in [-0.4, -0.2) is 30.1 Å². The number of aryl methyl sites for hydroxylation is 1. The molecule has 0 saturated carbocycles. The summed E-state index contributed by atoms with van der Waals surface area (Å²) < 4.78 is 10.2. The maximum atomic E-state index is 12.4. The van der Waals surface area contributed by atoms with E-state index in [9.17, 15) is 14.7 Å². The molecule has 0 bridgehead atoms. The zero-order valence-electron chi connectivity index (χ0n) is 13.9. The molecular formula is C19H20O5. The third-order valence-electron chi connectivity index (χ3n) is 3.72. The summed E-state index contributed by atoms with van der Waals surface area (Å²) in [6, 6.07) is 11.4. The van der Waals surface area contributed by atoms with E-state index in [2.05, 4.69) is 0 Å². The summed E-state index contributed by atoms with van der Waals surface area (Å²) in [4.78, 5) is 24.5. The predicted octanol–water partition coefficient (Wildman–Crippen LogP) is 3.39. The van der Waals surface area contributed by atoms with Gasteiger partial charge < -0.3 is 14.6 Å². The monoisotopic (exact) mass is 328 g/mol. The second-order valence-corrected chi connectivity index (χ2v) is 5.35. The van der Waals surface area contributed by atoms with Crippen molar-refractivity contribution in [1.29, 1.82) is 0 Å². The molecule has 0 heterocycles. The van der Waals surface area contributed by atoms with E-state index in [1.807, 2.05) is 19.1 Å². The molecule has 126 valence electrons. The van der Waals surface area contributed by atoms with E-state index < -0.39 is 12.1 Å². The van der Waals surface area contributed by atoms with Crippen LogP contribution in [0.3, 0.4) is 0 Å². The number of hydrogen-bond acceptors (Lipinski definition) is 5. The zero-order valence-corrected chi connectivity index (χ0v) is 13.9. The number of methoxy groups -OCH3 is 1. The van der Waals surface area contributed by atoms with Gasteiger partial charge >= 0.3 is 5.97 Å². The number of Topliss-reactive ketones (excluding diaryl/α,β-unsaturated/α-hetero) is 1. The quantitative estimate of drug-likeness (QED) is 0.650. The Kier molecular flexibility index (Phi) is 5.58. The van der Waals surface area contributed by atoms with Crippen molar-refractivity contribution in [1.82, 2.24) is 0 Å². The van der Waals surface area contributed by atoms with Crippen molar-refractivity contribution >= 4 is 11.8 Å². The summed E-state index contributed by atoms with van der Waals surface area (Å²) in [6.07, 6.45) is -0.0794. The van der Waals surface area contributed by atoms with E-state index in [0.717, 1.165) is 12.0 Å². The minimum Gasteiger partial charge on any atom is -0.507 e. The summed E-state index contributed by atoms with van der Waals surface area (Å²) in [5, 5.41) is 9.79. The number of carbonyl (C=O) groups is 2. The molecule has 1 unspecified atom stereocenters. The van der Waals surface area contributed by atoms with Crippen LogP contribution >= 0.6 is 0 Å². The molecule has 0 amide bonds. The Morgan fingerprint density at radius 1 is 1.12 bits per heavy atom. The number of rotatable bonds is 6. The SMILES string of the molecule is CCc1ccc(C(=O)C(C)OC(=O)c2cc(OC)ccc2O)cc1. The first-order chi connectivity index (χ1) is 11.5. The lowest BCUT2D eigenvalue weighted by Gasteiger charge is -2.13. The Hall–Kier alpha value is -2.82. The smallest absolute Gasteiger partial charge is 0.342 e. The normalized spacial score (nSPS) is 11.6. The van der Waals surface area contributed by atoms with Crippen LogP contribution in [0.2, 0.25) is 0 Å². The molecule has 0 aliphatic heterocycles. The van der Waals surface area contributed by atoms with Crippen LogP contribution in [0.25, 0.3) is 0 Å². The molecule has 0 aliphatic rings. The second-order valence-electron chi connectivity index (χ2n) is 5.35. The summed E-state index contributed by atoms with van der Waals surface area (Å²) in [6.45, 7) is 3.53. The van der Waals surface area contributed by atoms with Gasteiger partial charge in [0.15, 0.2) is 6.10 Å². The van der Waals surface area contributed by atoms with Crippen LogP contribution in [0.1, 0.15) is 40.1 Å². The second kappa shape index (κ2) is 7.64. The molecule has 2 aromatic rings. The molecule has 0 fully saturated rings. The highest BCUT2D eigenvalue weighted by atomic mass is 16.5. The minimum absolute atomic E-state index is 0.0460. The van der Waals surface area contributed by atoms with Crippen molar-refractivity contribution in [2.75, 3.05) is 7.11 Å². The van der Waals surface area contributed by atoms with Crippen molar-refractivity contribution in [3.8, 4) is 11.5 Å². The van der Waals surface area contributed by atoms with Crippen LogP contribution < -0.4 is 4.74 Å². The van der Waals surface area contributed by atoms with Gasteiger partial charge in [0.05, 0.1) is 7.11 Å². The summed E-state index contributed by atoms with van der Waals surface area (Å²) in [5.74, 6) is -0.896. The number of ether oxygens (including phenoxy) is 2. The van der Waals surface area contributed by atoms with Crippen LogP contribution in [0.4, 0.5) is 0 Å². The lowest BCUT2D eigenvalue weighted by molar-refractivity contribution is 0.0315. The van der Waals surface area contributed by atoms with Crippen LogP contribution in [0.15, 0.2) is 42.5 Å². The van der Waals surface area contributed by atoms with E-state index in [0.29, 0.717) is 11.3 Å². The molecule has 24 heavy (non-hydrogen) atoms. The molecule has 0 saturated heterocycles. The number of esters is 1. The standard InChI is InChI=1S/C19H20O5/c1-4-13-5-7-14(8-6-13)18(21)12(2)24-19(22)16-11-15(23-3)9-10-17(16)20/h5-12,20H,4H2,1-3H3. The maximum absolute atomic E-state index is 12.4. The predicted molar refractivity (Wildman–Crippen MR) is 89.7 cm³/mol. The van der Waals surface area contributed by atoms with E-state index in [-0.39, 0.29) is 17.1 Å². The largest absolute Gasteiger partial charge is 0.507 e. The van der Waals surface area contributed by atoms with Gasteiger partial charge in [-0.05, 0) is 37.1 Å². The van der Waals surface area contributed by atoms with Crippen molar-refractivity contribution in [3.63, 3.8) is 0 Å². The molecule has 2 aromatic carbocycles. The molecular weight excluding hydrogens is 308 g/mol. The number of hydrogen-bond donors (Lipinski definition) is 1. The molecule has 5 nitrogen and oxygen atoms in total. The Balaban J connectivity index is 2.11. The van der Waals surface area contributed by atoms with Crippen LogP contribution in [-0.2, 0) is 11.2 Å². The van der Waals surface area contributed by atoms with Gasteiger partial charge in [0, 0.05) is 5.56 Å². The zero-order chi connectivity index (χ0) is 17.7. The average Bonchev–Trinajstić information content (AvgIpc) is 2.61. The van der Waals surface area contributed by atoms with Gasteiger partial charge in [0.1, 0.15) is 17.1 Å². The van der Waals surface area contributed by atoms with Gasteiger partial charge in [-0.15, -0.1) is 0 Å².